The quantitative estimate of drug-likeness (QED) is 0.267. The van der Waals surface area contributed by atoms with Crippen LogP contribution in [-0.4, -0.2) is 19.5 Å². The lowest BCUT2D eigenvalue weighted by atomic mass is 10.1. The first-order chi connectivity index (χ1) is 15.1. The monoisotopic (exact) mass is 469 g/mol. The van der Waals surface area contributed by atoms with Crippen molar-refractivity contribution in [2.45, 2.75) is 62.3 Å². The molecule has 0 radical (unpaired) electrons. The average Bonchev–Trinajstić information content (AvgIpc) is 3.38. The minimum absolute atomic E-state index is 0.0600. The third-order valence-corrected chi connectivity index (χ3v) is 9.77. The molecular formula is C22H23N5OS3. The number of nitrogen functional groups attached to an aromatic ring is 1. The molecular weight excluding hydrogens is 446 g/mol. The fourth-order valence-corrected chi connectivity index (χ4v) is 8.25. The van der Waals surface area contributed by atoms with Crippen LogP contribution in [0.3, 0.4) is 0 Å². The molecule has 0 aliphatic heterocycles. The van der Waals surface area contributed by atoms with Crippen LogP contribution in [0.15, 0.2) is 9.95 Å². The van der Waals surface area contributed by atoms with E-state index in [0.717, 1.165) is 52.5 Å². The van der Waals surface area contributed by atoms with Gasteiger partial charge in [-0.1, -0.05) is 18.2 Å². The maximum absolute atomic E-state index is 13.0. The Kier molecular flexibility index (Phi) is 4.81. The lowest BCUT2D eigenvalue weighted by molar-refractivity contribution is 0.713. The largest absolute Gasteiger partial charge is 0.383 e. The molecule has 160 valence electrons. The summed E-state index contributed by atoms with van der Waals surface area (Å²) < 4.78 is 1.67. The number of hydrogen-bond acceptors (Lipinski definition) is 8. The van der Waals surface area contributed by atoms with Crippen molar-refractivity contribution in [3.8, 4) is 0 Å². The molecule has 0 unspecified atom stereocenters. The Labute approximate surface area is 191 Å². The molecule has 0 amide bonds. The zero-order chi connectivity index (χ0) is 21.1. The summed E-state index contributed by atoms with van der Waals surface area (Å²) >= 11 is 4.96. The van der Waals surface area contributed by atoms with Crippen LogP contribution in [0.4, 0.5) is 5.82 Å². The van der Waals surface area contributed by atoms with E-state index in [0.29, 0.717) is 22.6 Å². The molecule has 2 aliphatic carbocycles. The lowest BCUT2D eigenvalue weighted by Gasteiger charge is -2.08. The van der Waals surface area contributed by atoms with Crippen LogP contribution in [-0.2, 0) is 38.5 Å². The Morgan fingerprint density at radius 3 is 2.42 bits per heavy atom. The van der Waals surface area contributed by atoms with E-state index >= 15 is 0 Å². The minimum atomic E-state index is 0.0600. The first kappa shape index (κ1) is 19.7. The van der Waals surface area contributed by atoms with Gasteiger partial charge in [0.1, 0.15) is 21.3 Å². The molecule has 0 fully saturated rings. The summed E-state index contributed by atoms with van der Waals surface area (Å²) in [4.78, 5) is 31.9. The lowest BCUT2D eigenvalue weighted by Crippen LogP contribution is -2.20. The van der Waals surface area contributed by atoms with Gasteiger partial charge in [0.15, 0.2) is 5.16 Å². The molecule has 31 heavy (non-hydrogen) atoms. The molecule has 2 aliphatic rings. The molecule has 4 aromatic rings. The van der Waals surface area contributed by atoms with Crippen molar-refractivity contribution in [3.63, 3.8) is 0 Å². The van der Waals surface area contributed by atoms with Gasteiger partial charge < -0.3 is 5.73 Å². The Bertz CT molecular complexity index is 1400. The molecule has 0 aromatic carbocycles. The number of thioether (sulfide) groups is 1. The van der Waals surface area contributed by atoms with Gasteiger partial charge in [-0.25, -0.2) is 15.0 Å². The molecule has 6 rings (SSSR count). The van der Waals surface area contributed by atoms with Gasteiger partial charge in [0.25, 0.3) is 5.56 Å². The van der Waals surface area contributed by atoms with E-state index in [1.165, 1.54) is 51.9 Å². The van der Waals surface area contributed by atoms with E-state index in [1.807, 2.05) is 7.05 Å². The van der Waals surface area contributed by atoms with Crippen molar-refractivity contribution in [1.29, 1.82) is 0 Å². The van der Waals surface area contributed by atoms with Crippen LogP contribution in [0, 0.1) is 0 Å². The summed E-state index contributed by atoms with van der Waals surface area (Å²) in [5.41, 5.74) is 9.05. The summed E-state index contributed by atoms with van der Waals surface area (Å²) in [6.45, 7) is 0. The molecule has 0 saturated heterocycles. The van der Waals surface area contributed by atoms with E-state index in [2.05, 4.69) is 4.98 Å². The third kappa shape index (κ3) is 3.20. The molecule has 0 bridgehead atoms. The Morgan fingerprint density at radius 1 is 0.903 bits per heavy atom. The number of nitrogens with two attached hydrogens (primary N) is 1. The van der Waals surface area contributed by atoms with Crippen molar-refractivity contribution >= 4 is 60.7 Å². The number of aryl methyl sites for hydroxylation is 4. The smallest absolute Gasteiger partial charge is 0.262 e. The minimum Gasteiger partial charge on any atom is -0.383 e. The van der Waals surface area contributed by atoms with E-state index in [1.54, 1.807) is 27.2 Å². The van der Waals surface area contributed by atoms with E-state index in [9.17, 15) is 4.79 Å². The van der Waals surface area contributed by atoms with Crippen LogP contribution in [0.2, 0.25) is 0 Å². The van der Waals surface area contributed by atoms with Gasteiger partial charge in [-0.05, 0) is 56.1 Å². The van der Waals surface area contributed by atoms with E-state index in [-0.39, 0.29) is 5.56 Å². The second kappa shape index (κ2) is 7.56. The van der Waals surface area contributed by atoms with E-state index < -0.39 is 0 Å². The number of fused-ring (bicyclic) bond motifs is 6. The average molecular weight is 470 g/mol. The first-order valence-corrected chi connectivity index (χ1v) is 13.4. The van der Waals surface area contributed by atoms with E-state index in [4.69, 9.17) is 15.7 Å². The predicted octanol–water partition coefficient (Wildman–Crippen LogP) is 4.63. The molecule has 9 heteroatoms. The van der Waals surface area contributed by atoms with Crippen molar-refractivity contribution in [1.82, 2.24) is 19.5 Å². The highest BCUT2D eigenvalue weighted by atomic mass is 32.2. The second-order valence-electron chi connectivity index (χ2n) is 8.35. The zero-order valence-electron chi connectivity index (χ0n) is 17.4. The Balaban J connectivity index is 1.33. The highest BCUT2D eigenvalue weighted by Gasteiger charge is 2.23. The van der Waals surface area contributed by atoms with Crippen molar-refractivity contribution in [2.75, 3.05) is 5.73 Å². The standard InChI is InChI=1S/C22H23N5OS3/c1-27-21(28)17-12-7-5-9-14(12)31-20(17)26-22(27)29-10-15-24-18(23)16-11-6-3-2-4-8-13(11)30-19(16)25-15/h2-10H2,1H3,(H2,23,24,25). The topological polar surface area (TPSA) is 86.7 Å². The van der Waals surface area contributed by atoms with Crippen LogP contribution < -0.4 is 11.3 Å². The fraction of sp³-hybridized carbons (Fsp3) is 0.455. The molecule has 4 aromatic heterocycles. The highest BCUT2D eigenvalue weighted by Crippen LogP contribution is 2.38. The normalized spacial score (nSPS) is 16.0. The number of rotatable bonds is 3. The van der Waals surface area contributed by atoms with Gasteiger partial charge in [-0.2, -0.15) is 0 Å². The molecule has 6 nitrogen and oxygen atoms in total. The van der Waals surface area contributed by atoms with Gasteiger partial charge in [0.2, 0.25) is 0 Å². The third-order valence-electron chi connectivity index (χ3n) is 6.37. The van der Waals surface area contributed by atoms with Gasteiger partial charge >= 0.3 is 0 Å². The maximum atomic E-state index is 13.0. The molecule has 0 spiro atoms. The van der Waals surface area contributed by atoms with Crippen LogP contribution >= 0.6 is 34.4 Å². The van der Waals surface area contributed by atoms with Crippen LogP contribution in [0.1, 0.15) is 52.4 Å². The Hall–Kier alpha value is -1.97. The van der Waals surface area contributed by atoms with Gasteiger partial charge in [0.05, 0.1) is 16.5 Å². The summed E-state index contributed by atoms with van der Waals surface area (Å²) in [5.74, 6) is 1.83. The molecule has 2 N–H and O–H groups in total. The predicted molar refractivity (Wildman–Crippen MR) is 130 cm³/mol. The first-order valence-electron chi connectivity index (χ1n) is 10.8. The summed E-state index contributed by atoms with van der Waals surface area (Å²) in [5, 5.41) is 2.60. The summed E-state index contributed by atoms with van der Waals surface area (Å²) in [7, 11) is 1.81. The van der Waals surface area contributed by atoms with Crippen molar-refractivity contribution < 1.29 is 0 Å². The number of nitrogens with zero attached hydrogens (tertiary/aromatic N) is 4. The van der Waals surface area contributed by atoms with Gasteiger partial charge in [0, 0.05) is 16.8 Å². The van der Waals surface area contributed by atoms with Crippen LogP contribution in [0.5, 0.6) is 0 Å². The van der Waals surface area contributed by atoms with Gasteiger partial charge in [-0.15, -0.1) is 22.7 Å². The molecule has 0 atom stereocenters. The highest BCUT2D eigenvalue weighted by molar-refractivity contribution is 7.98. The Morgan fingerprint density at radius 2 is 1.58 bits per heavy atom. The number of anilines is 1. The van der Waals surface area contributed by atoms with Gasteiger partial charge in [-0.3, -0.25) is 9.36 Å². The number of aromatic nitrogens is 4. The molecule has 0 saturated carbocycles. The second-order valence-corrected chi connectivity index (χ2v) is 11.5. The molecule has 4 heterocycles. The summed E-state index contributed by atoms with van der Waals surface area (Å²) in [6, 6.07) is 0. The zero-order valence-corrected chi connectivity index (χ0v) is 19.8. The van der Waals surface area contributed by atoms with Crippen LogP contribution in [0.25, 0.3) is 20.4 Å². The fourth-order valence-electron chi connectivity index (χ4n) is 4.84. The number of hydrogen-bond donors (Lipinski definition) is 1. The number of thiophene rings is 2. The van der Waals surface area contributed by atoms with Crippen molar-refractivity contribution in [2.24, 2.45) is 7.05 Å². The summed E-state index contributed by atoms with van der Waals surface area (Å²) in [6.07, 6.45) is 9.14. The maximum Gasteiger partial charge on any atom is 0.262 e. The van der Waals surface area contributed by atoms with Crippen molar-refractivity contribution in [3.05, 3.63) is 37.1 Å². The SMILES string of the molecule is Cn1c(SCc2nc(N)c3c4c(sc3n2)CCCCC4)nc2sc3c(c2c1=O)CCC3.